The van der Waals surface area contributed by atoms with E-state index in [1.54, 1.807) is 24.3 Å². The predicted octanol–water partition coefficient (Wildman–Crippen LogP) is 2.53. The number of methoxy groups -OCH3 is 1. The molecule has 0 bridgehead atoms. The summed E-state index contributed by atoms with van der Waals surface area (Å²) in [6, 6.07) is 12.7. The van der Waals surface area contributed by atoms with Crippen molar-refractivity contribution in [3.63, 3.8) is 0 Å². The van der Waals surface area contributed by atoms with E-state index in [9.17, 15) is 22.8 Å². The van der Waals surface area contributed by atoms with E-state index >= 15 is 0 Å². The largest absolute Gasteiger partial charge is 0.495 e. The highest BCUT2D eigenvalue weighted by Gasteiger charge is 2.30. The molecule has 1 aliphatic heterocycles. The zero-order valence-electron chi connectivity index (χ0n) is 20.0. The molecule has 194 valence electrons. The van der Waals surface area contributed by atoms with Gasteiger partial charge in [0.25, 0.3) is 5.91 Å². The minimum Gasteiger partial charge on any atom is -0.495 e. The van der Waals surface area contributed by atoms with Crippen LogP contribution in [0, 0.1) is 0 Å². The molecule has 1 aliphatic rings. The first-order chi connectivity index (χ1) is 17.1. The Labute approximate surface area is 215 Å². The number of amides is 2. The van der Waals surface area contributed by atoms with Gasteiger partial charge in [0.1, 0.15) is 5.75 Å². The number of carbonyl (C=O) groups excluding carboxylic acids is 3. The molecular weight excluding hydrogens is 510 g/mol. The second-order valence-electron chi connectivity index (χ2n) is 8.06. The summed E-state index contributed by atoms with van der Waals surface area (Å²) in [6.45, 7) is 2.13. The number of nitrogens with one attached hydrogen (secondary N) is 1. The van der Waals surface area contributed by atoms with Gasteiger partial charge >= 0.3 is 5.97 Å². The molecule has 12 heteroatoms. The molecule has 0 spiro atoms. The first-order valence-electron chi connectivity index (χ1n) is 11.3. The highest BCUT2D eigenvalue weighted by Crippen LogP contribution is 2.23. The lowest BCUT2D eigenvalue weighted by Gasteiger charge is -2.34. The van der Waals surface area contributed by atoms with Gasteiger partial charge in [-0.1, -0.05) is 23.7 Å². The van der Waals surface area contributed by atoms with E-state index in [-0.39, 0.29) is 49.8 Å². The second-order valence-corrected chi connectivity index (χ2v) is 10.4. The van der Waals surface area contributed by atoms with Crippen LogP contribution in [0.2, 0.25) is 5.02 Å². The summed E-state index contributed by atoms with van der Waals surface area (Å²) >= 11 is 5.83. The molecule has 1 saturated heterocycles. The fraction of sp³-hybridized carbons (Fsp3) is 0.375. The van der Waals surface area contributed by atoms with Gasteiger partial charge in [-0.05, 0) is 43.3 Å². The maximum absolute atomic E-state index is 12.8. The van der Waals surface area contributed by atoms with Gasteiger partial charge in [0.2, 0.25) is 15.9 Å². The Hall–Kier alpha value is -3.15. The summed E-state index contributed by atoms with van der Waals surface area (Å²) < 4.78 is 37.2. The summed E-state index contributed by atoms with van der Waals surface area (Å²) in [5, 5.41) is 3.08. The molecule has 2 aromatic rings. The molecule has 0 aromatic heterocycles. The van der Waals surface area contributed by atoms with Crippen LogP contribution in [0.4, 0.5) is 5.69 Å². The summed E-state index contributed by atoms with van der Waals surface area (Å²) in [5.41, 5.74) is 0.445. The average Bonchev–Trinajstić information content (AvgIpc) is 2.87. The SMILES string of the molecule is COc1ccccc1NC(=O)C(C)OC(=O)CCC(=O)N1CCN(S(=O)(=O)c2ccc(Cl)cc2)CC1. The summed E-state index contributed by atoms with van der Waals surface area (Å²) in [4.78, 5) is 38.7. The Kier molecular flexibility index (Phi) is 9.30. The van der Waals surface area contributed by atoms with Crippen LogP contribution in [0.1, 0.15) is 19.8 Å². The van der Waals surface area contributed by atoms with Gasteiger partial charge in [0.05, 0.1) is 24.1 Å². The van der Waals surface area contributed by atoms with Crippen molar-refractivity contribution >= 4 is 45.1 Å². The van der Waals surface area contributed by atoms with Crippen LogP contribution in [-0.4, -0.2) is 74.8 Å². The molecule has 36 heavy (non-hydrogen) atoms. The number of halogens is 1. The van der Waals surface area contributed by atoms with Crippen molar-refractivity contribution in [2.75, 3.05) is 38.6 Å². The fourth-order valence-corrected chi connectivity index (χ4v) is 5.14. The first-order valence-corrected chi connectivity index (χ1v) is 13.1. The fourth-order valence-electron chi connectivity index (χ4n) is 3.59. The van der Waals surface area contributed by atoms with Crippen molar-refractivity contribution in [2.24, 2.45) is 0 Å². The van der Waals surface area contributed by atoms with E-state index < -0.39 is 28.0 Å². The number of para-hydroxylation sites is 2. The molecule has 2 amide bonds. The molecule has 0 saturated carbocycles. The Bertz CT molecular complexity index is 1200. The van der Waals surface area contributed by atoms with E-state index in [2.05, 4.69) is 5.32 Å². The molecule has 1 atom stereocenters. The van der Waals surface area contributed by atoms with E-state index in [1.165, 1.54) is 47.5 Å². The van der Waals surface area contributed by atoms with Crippen LogP contribution >= 0.6 is 11.6 Å². The van der Waals surface area contributed by atoms with Gasteiger partial charge in [-0.15, -0.1) is 0 Å². The maximum Gasteiger partial charge on any atom is 0.307 e. The third-order valence-corrected chi connectivity index (χ3v) is 7.79. The molecule has 1 fully saturated rings. The topological polar surface area (TPSA) is 122 Å². The van der Waals surface area contributed by atoms with Crippen LogP contribution in [0.25, 0.3) is 0 Å². The van der Waals surface area contributed by atoms with Gasteiger partial charge < -0.3 is 19.7 Å². The Morgan fingerprint density at radius 1 is 1.00 bits per heavy atom. The first kappa shape index (κ1) is 27.4. The molecule has 1 N–H and O–H groups in total. The van der Waals surface area contributed by atoms with Crippen molar-refractivity contribution in [1.29, 1.82) is 0 Å². The molecule has 0 radical (unpaired) electrons. The number of anilines is 1. The third-order valence-electron chi connectivity index (χ3n) is 5.63. The van der Waals surface area contributed by atoms with E-state index in [4.69, 9.17) is 21.1 Å². The average molecular weight is 538 g/mol. The number of rotatable bonds is 9. The summed E-state index contributed by atoms with van der Waals surface area (Å²) in [5.74, 6) is -1.04. The standard InChI is InChI=1S/C24H28ClN3O7S/c1-17(24(31)26-20-5-3-4-6-21(20)34-2)35-23(30)12-11-22(29)27-13-15-28(16-14-27)36(32,33)19-9-7-18(25)8-10-19/h3-10,17H,11-16H2,1-2H3,(H,26,31). The molecule has 1 heterocycles. The van der Waals surface area contributed by atoms with Crippen LogP contribution in [0.5, 0.6) is 5.75 Å². The lowest BCUT2D eigenvalue weighted by molar-refractivity contribution is -0.154. The van der Waals surface area contributed by atoms with Crippen molar-refractivity contribution in [3.8, 4) is 5.75 Å². The molecular formula is C24H28ClN3O7S. The van der Waals surface area contributed by atoms with Crippen molar-refractivity contribution in [2.45, 2.75) is 30.8 Å². The normalized spacial score (nSPS) is 15.1. The zero-order chi connectivity index (χ0) is 26.3. The van der Waals surface area contributed by atoms with Crippen LogP contribution < -0.4 is 10.1 Å². The van der Waals surface area contributed by atoms with E-state index in [1.807, 2.05) is 0 Å². The summed E-state index contributed by atoms with van der Waals surface area (Å²) in [6.07, 6.45) is -1.38. The Balaban J connectivity index is 1.43. The second kappa shape index (κ2) is 12.2. The van der Waals surface area contributed by atoms with Gasteiger partial charge in [0, 0.05) is 37.6 Å². The van der Waals surface area contributed by atoms with E-state index in [0.717, 1.165) is 0 Å². The molecule has 0 aliphatic carbocycles. The summed E-state index contributed by atoms with van der Waals surface area (Å²) in [7, 11) is -2.21. The highest BCUT2D eigenvalue weighted by atomic mass is 35.5. The lowest BCUT2D eigenvalue weighted by Crippen LogP contribution is -2.50. The molecule has 2 aromatic carbocycles. The third kappa shape index (κ3) is 6.96. The van der Waals surface area contributed by atoms with Crippen molar-refractivity contribution in [1.82, 2.24) is 9.21 Å². The van der Waals surface area contributed by atoms with Gasteiger partial charge in [-0.3, -0.25) is 14.4 Å². The van der Waals surface area contributed by atoms with E-state index in [0.29, 0.717) is 16.5 Å². The Morgan fingerprint density at radius 2 is 1.64 bits per heavy atom. The van der Waals surface area contributed by atoms with Crippen LogP contribution in [0.3, 0.4) is 0 Å². The number of carbonyl (C=O) groups is 3. The molecule has 1 unspecified atom stereocenters. The number of sulfonamides is 1. The number of ether oxygens (including phenoxy) is 2. The predicted molar refractivity (Wildman–Crippen MR) is 133 cm³/mol. The number of nitrogens with zero attached hydrogens (tertiary/aromatic N) is 2. The van der Waals surface area contributed by atoms with Crippen LogP contribution in [-0.2, 0) is 29.1 Å². The number of esters is 1. The quantitative estimate of drug-likeness (QED) is 0.488. The van der Waals surface area contributed by atoms with Crippen molar-refractivity contribution in [3.05, 3.63) is 53.6 Å². The van der Waals surface area contributed by atoms with Gasteiger partial charge in [0.15, 0.2) is 6.10 Å². The van der Waals surface area contributed by atoms with Gasteiger partial charge in [-0.2, -0.15) is 4.31 Å². The zero-order valence-corrected chi connectivity index (χ0v) is 21.5. The number of hydrogen-bond acceptors (Lipinski definition) is 7. The van der Waals surface area contributed by atoms with Crippen molar-refractivity contribution < 1.29 is 32.3 Å². The Morgan fingerprint density at radius 3 is 2.28 bits per heavy atom. The smallest absolute Gasteiger partial charge is 0.307 e. The van der Waals surface area contributed by atoms with Gasteiger partial charge in [-0.25, -0.2) is 8.42 Å². The number of hydrogen-bond donors (Lipinski definition) is 1. The minimum absolute atomic E-state index is 0.108. The highest BCUT2D eigenvalue weighted by molar-refractivity contribution is 7.89. The number of piperazine rings is 1. The monoisotopic (exact) mass is 537 g/mol. The maximum atomic E-state index is 12.8. The lowest BCUT2D eigenvalue weighted by atomic mass is 10.2. The molecule has 10 nitrogen and oxygen atoms in total. The molecule has 3 rings (SSSR count). The minimum atomic E-state index is -3.69. The number of benzene rings is 2. The van der Waals surface area contributed by atoms with Crippen LogP contribution in [0.15, 0.2) is 53.4 Å².